The maximum Gasteiger partial charge on any atom is 0.132 e. The van der Waals surface area contributed by atoms with Crippen LogP contribution in [-0.2, 0) is 6.54 Å². The van der Waals surface area contributed by atoms with E-state index in [9.17, 15) is 4.39 Å². The van der Waals surface area contributed by atoms with Crippen molar-refractivity contribution in [2.24, 2.45) is 0 Å². The third-order valence-corrected chi connectivity index (χ3v) is 3.78. The van der Waals surface area contributed by atoms with E-state index in [-0.39, 0.29) is 5.82 Å². The van der Waals surface area contributed by atoms with Crippen molar-refractivity contribution >= 4 is 10.9 Å². The zero-order valence-electron chi connectivity index (χ0n) is 10.5. The predicted molar refractivity (Wildman–Crippen MR) is 71.5 cm³/mol. The van der Waals surface area contributed by atoms with E-state index in [1.807, 2.05) is 30.9 Å². The number of halogens is 1. The fourth-order valence-corrected chi connectivity index (χ4v) is 2.63. The van der Waals surface area contributed by atoms with Crippen LogP contribution >= 0.6 is 0 Å². The van der Waals surface area contributed by atoms with Crippen LogP contribution in [0.4, 0.5) is 4.39 Å². The van der Waals surface area contributed by atoms with Gasteiger partial charge >= 0.3 is 0 Å². The van der Waals surface area contributed by atoms with E-state index in [4.69, 9.17) is 0 Å². The molecule has 0 unspecified atom stereocenters. The first-order valence-electron chi connectivity index (χ1n) is 6.57. The third kappa shape index (κ3) is 1.75. The van der Waals surface area contributed by atoms with Gasteiger partial charge in [0.05, 0.1) is 24.1 Å². The monoisotopic (exact) mass is 255 g/mol. The van der Waals surface area contributed by atoms with Crippen molar-refractivity contribution in [3.8, 4) is 0 Å². The topological polar surface area (TPSA) is 22.8 Å². The normalized spacial score (nSPS) is 15.2. The number of fused-ring (bicyclic) bond motifs is 1. The summed E-state index contributed by atoms with van der Waals surface area (Å²) in [5, 5.41) is 0.681. The third-order valence-electron chi connectivity index (χ3n) is 3.78. The molecule has 0 aliphatic heterocycles. The molecule has 0 N–H and O–H groups in total. The van der Waals surface area contributed by atoms with Gasteiger partial charge in [-0.25, -0.2) is 9.37 Å². The van der Waals surface area contributed by atoms with Crippen molar-refractivity contribution in [2.45, 2.75) is 25.4 Å². The Morgan fingerprint density at radius 1 is 1.26 bits per heavy atom. The van der Waals surface area contributed by atoms with E-state index in [2.05, 4.69) is 14.1 Å². The Morgan fingerprint density at radius 3 is 3.00 bits per heavy atom. The van der Waals surface area contributed by atoms with Gasteiger partial charge in [0.25, 0.3) is 0 Å². The lowest BCUT2D eigenvalue weighted by Gasteiger charge is -2.09. The fraction of sp³-hybridized carbons (Fsp3) is 0.267. The van der Waals surface area contributed by atoms with E-state index in [0.29, 0.717) is 11.4 Å². The van der Waals surface area contributed by atoms with Gasteiger partial charge in [0.15, 0.2) is 0 Å². The number of hydrogen-bond donors (Lipinski definition) is 0. The molecule has 0 amide bonds. The van der Waals surface area contributed by atoms with Crippen LogP contribution in [0.1, 0.15) is 24.6 Å². The Labute approximate surface area is 110 Å². The Hall–Kier alpha value is -2.10. The summed E-state index contributed by atoms with van der Waals surface area (Å²) >= 11 is 0. The van der Waals surface area contributed by atoms with Crippen molar-refractivity contribution < 1.29 is 4.39 Å². The number of nitrogens with zero attached hydrogens (tertiary/aromatic N) is 3. The predicted octanol–water partition coefficient (Wildman–Crippen LogP) is 3.36. The largest absolute Gasteiger partial charge is 0.341 e. The SMILES string of the molecule is Fc1cccc2c1ccn2Cc1cncn1C1CC1. The smallest absolute Gasteiger partial charge is 0.132 e. The van der Waals surface area contributed by atoms with Gasteiger partial charge in [-0.2, -0.15) is 0 Å². The van der Waals surface area contributed by atoms with Gasteiger partial charge in [0.2, 0.25) is 0 Å². The molecule has 1 aromatic carbocycles. The van der Waals surface area contributed by atoms with Gasteiger partial charge in [-0.05, 0) is 31.0 Å². The van der Waals surface area contributed by atoms with Crippen LogP contribution < -0.4 is 0 Å². The molecule has 1 saturated carbocycles. The summed E-state index contributed by atoms with van der Waals surface area (Å²) in [5.74, 6) is -0.160. The van der Waals surface area contributed by atoms with Crippen LogP contribution in [0.2, 0.25) is 0 Å². The van der Waals surface area contributed by atoms with Crippen LogP contribution in [0.15, 0.2) is 43.0 Å². The fourth-order valence-electron chi connectivity index (χ4n) is 2.63. The minimum absolute atomic E-state index is 0.160. The summed E-state index contributed by atoms with van der Waals surface area (Å²) in [6, 6.07) is 7.67. The van der Waals surface area contributed by atoms with E-state index in [1.54, 1.807) is 6.07 Å². The summed E-state index contributed by atoms with van der Waals surface area (Å²) < 4.78 is 18.0. The minimum atomic E-state index is -0.160. The first-order valence-corrected chi connectivity index (χ1v) is 6.57. The second-order valence-electron chi connectivity index (χ2n) is 5.14. The molecule has 2 aromatic heterocycles. The highest BCUT2D eigenvalue weighted by molar-refractivity contribution is 5.80. The first-order chi connectivity index (χ1) is 9.33. The van der Waals surface area contributed by atoms with Gasteiger partial charge < -0.3 is 9.13 Å². The standard InChI is InChI=1S/C15H14FN3/c16-14-2-1-3-15-13(14)6-7-18(15)9-12-8-17-10-19(12)11-4-5-11/h1-3,6-8,10-11H,4-5,9H2. The number of rotatable bonds is 3. The number of imidazole rings is 1. The van der Waals surface area contributed by atoms with Crippen molar-refractivity contribution in [2.75, 3.05) is 0 Å². The highest BCUT2D eigenvalue weighted by atomic mass is 19.1. The molecule has 0 bridgehead atoms. The van der Waals surface area contributed by atoms with Crippen molar-refractivity contribution in [1.29, 1.82) is 0 Å². The maximum atomic E-state index is 13.7. The lowest BCUT2D eigenvalue weighted by atomic mass is 10.2. The molecule has 96 valence electrons. The maximum absolute atomic E-state index is 13.7. The Bertz CT molecular complexity index is 737. The Balaban J connectivity index is 1.75. The highest BCUT2D eigenvalue weighted by Crippen LogP contribution is 2.35. The second kappa shape index (κ2) is 3.95. The quantitative estimate of drug-likeness (QED) is 0.703. The molecule has 1 aliphatic rings. The van der Waals surface area contributed by atoms with Gasteiger partial charge in [-0.3, -0.25) is 0 Å². The second-order valence-corrected chi connectivity index (χ2v) is 5.14. The molecule has 3 aromatic rings. The van der Waals surface area contributed by atoms with Crippen LogP contribution in [0.25, 0.3) is 10.9 Å². The van der Waals surface area contributed by atoms with Crippen molar-refractivity contribution in [3.63, 3.8) is 0 Å². The van der Waals surface area contributed by atoms with Crippen LogP contribution in [0.3, 0.4) is 0 Å². The van der Waals surface area contributed by atoms with E-state index in [1.165, 1.54) is 24.6 Å². The summed E-state index contributed by atoms with van der Waals surface area (Å²) in [5.41, 5.74) is 2.12. The molecule has 0 spiro atoms. The van der Waals surface area contributed by atoms with Crippen LogP contribution in [0, 0.1) is 5.82 Å². The Morgan fingerprint density at radius 2 is 2.16 bits per heavy atom. The zero-order chi connectivity index (χ0) is 12.8. The average molecular weight is 255 g/mol. The van der Waals surface area contributed by atoms with Crippen LogP contribution in [0.5, 0.6) is 0 Å². The summed E-state index contributed by atoms with van der Waals surface area (Å²) in [6.45, 7) is 0.740. The molecular weight excluding hydrogens is 241 g/mol. The molecule has 2 heterocycles. The molecule has 0 radical (unpaired) electrons. The minimum Gasteiger partial charge on any atom is -0.341 e. The van der Waals surface area contributed by atoms with Gasteiger partial charge in [0.1, 0.15) is 5.82 Å². The molecule has 4 heteroatoms. The van der Waals surface area contributed by atoms with E-state index >= 15 is 0 Å². The molecule has 3 nitrogen and oxygen atoms in total. The first kappa shape index (κ1) is 10.8. The molecular formula is C15H14FN3. The summed E-state index contributed by atoms with van der Waals surface area (Å²) in [7, 11) is 0. The molecule has 1 fully saturated rings. The molecule has 4 rings (SSSR count). The number of hydrogen-bond acceptors (Lipinski definition) is 1. The molecule has 19 heavy (non-hydrogen) atoms. The van der Waals surface area contributed by atoms with Gasteiger partial charge in [0, 0.05) is 23.8 Å². The summed E-state index contributed by atoms with van der Waals surface area (Å²) in [4.78, 5) is 4.24. The van der Waals surface area contributed by atoms with E-state index in [0.717, 1.165) is 12.1 Å². The van der Waals surface area contributed by atoms with Gasteiger partial charge in [-0.15, -0.1) is 0 Å². The summed E-state index contributed by atoms with van der Waals surface area (Å²) in [6.07, 6.45) is 8.23. The highest BCUT2D eigenvalue weighted by Gasteiger charge is 2.25. The van der Waals surface area contributed by atoms with E-state index < -0.39 is 0 Å². The molecule has 0 saturated heterocycles. The lowest BCUT2D eigenvalue weighted by Crippen LogP contribution is -2.05. The van der Waals surface area contributed by atoms with Crippen molar-refractivity contribution in [3.05, 3.63) is 54.5 Å². The average Bonchev–Trinajstić information content (AvgIpc) is 3.01. The molecule has 0 atom stereocenters. The number of benzene rings is 1. The zero-order valence-corrected chi connectivity index (χ0v) is 10.5. The molecule has 1 aliphatic carbocycles. The van der Waals surface area contributed by atoms with Crippen molar-refractivity contribution in [1.82, 2.24) is 14.1 Å². The number of aromatic nitrogens is 3. The van der Waals surface area contributed by atoms with Gasteiger partial charge in [-0.1, -0.05) is 6.07 Å². The lowest BCUT2D eigenvalue weighted by molar-refractivity contribution is 0.639. The Kier molecular flexibility index (Phi) is 2.24. The van der Waals surface area contributed by atoms with Crippen LogP contribution in [-0.4, -0.2) is 14.1 Å².